The van der Waals surface area contributed by atoms with Gasteiger partial charge < -0.3 is 4.90 Å². The second-order valence-corrected chi connectivity index (χ2v) is 6.24. The lowest BCUT2D eigenvalue weighted by Crippen LogP contribution is -2.37. The highest BCUT2D eigenvalue weighted by Crippen LogP contribution is 2.17. The minimum atomic E-state index is -0.128. The molecular formula is C14H17BrClNO. The number of Topliss-reactive ketones (excluding diaryl/α,β-unsaturated/α-hetero) is 1. The number of piperidine rings is 1. The quantitative estimate of drug-likeness (QED) is 0.618. The standard InChI is InChI=1S/C14H17BrClNO/c15-13(10-17-8-2-1-3-9-17)14(18)11-4-6-12(16)7-5-11/h4-7,13H,1-3,8-10H2/t13-/m1/s1. The maximum atomic E-state index is 12.2. The Morgan fingerprint density at radius 2 is 1.83 bits per heavy atom. The molecule has 1 atom stereocenters. The molecule has 2 rings (SSSR count). The third kappa shape index (κ3) is 3.81. The molecule has 0 saturated carbocycles. The topological polar surface area (TPSA) is 20.3 Å². The summed E-state index contributed by atoms with van der Waals surface area (Å²) in [5.41, 5.74) is 0.721. The van der Waals surface area contributed by atoms with Gasteiger partial charge in [0.25, 0.3) is 0 Å². The van der Waals surface area contributed by atoms with E-state index in [1.165, 1.54) is 19.3 Å². The Morgan fingerprint density at radius 1 is 1.22 bits per heavy atom. The van der Waals surface area contributed by atoms with Gasteiger partial charge in [0.15, 0.2) is 5.78 Å². The van der Waals surface area contributed by atoms with Crippen molar-refractivity contribution in [2.75, 3.05) is 19.6 Å². The van der Waals surface area contributed by atoms with Gasteiger partial charge >= 0.3 is 0 Å². The van der Waals surface area contributed by atoms with Crippen molar-refractivity contribution in [3.8, 4) is 0 Å². The highest BCUT2D eigenvalue weighted by Gasteiger charge is 2.21. The first-order chi connectivity index (χ1) is 8.66. The Labute approximate surface area is 121 Å². The average Bonchev–Trinajstić information content (AvgIpc) is 2.40. The van der Waals surface area contributed by atoms with E-state index < -0.39 is 0 Å². The number of alkyl halides is 1. The highest BCUT2D eigenvalue weighted by atomic mass is 79.9. The van der Waals surface area contributed by atoms with Crippen LogP contribution >= 0.6 is 27.5 Å². The second-order valence-electron chi connectivity index (χ2n) is 4.70. The molecule has 4 heteroatoms. The Hall–Kier alpha value is -0.380. The lowest BCUT2D eigenvalue weighted by atomic mass is 10.1. The van der Waals surface area contributed by atoms with Crippen LogP contribution in [0.3, 0.4) is 0 Å². The molecule has 0 radical (unpaired) electrons. The summed E-state index contributed by atoms with van der Waals surface area (Å²) in [6.07, 6.45) is 3.80. The van der Waals surface area contributed by atoms with E-state index >= 15 is 0 Å². The average molecular weight is 331 g/mol. The minimum absolute atomic E-state index is 0.128. The first-order valence-electron chi connectivity index (χ1n) is 6.33. The van der Waals surface area contributed by atoms with Gasteiger partial charge in [0, 0.05) is 17.1 Å². The van der Waals surface area contributed by atoms with Gasteiger partial charge in [0.05, 0.1) is 4.83 Å². The third-order valence-electron chi connectivity index (χ3n) is 3.28. The normalized spacial score (nSPS) is 18.6. The van der Waals surface area contributed by atoms with E-state index in [0.717, 1.165) is 25.2 Å². The lowest BCUT2D eigenvalue weighted by Gasteiger charge is -2.27. The summed E-state index contributed by atoms with van der Waals surface area (Å²) in [7, 11) is 0. The molecule has 1 aromatic carbocycles. The van der Waals surface area contributed by atoms with Crippen LogP contribution in [0.15, 0.2) is 24.3 Å². The van der Waals surface area contributed by atoms with Crippen LogP contribution in [0.25, 0.3) is 0 Å². The number of carbonyl (C=O) groups is 1. The first-order valence-corrected chi connectivity index (χ1v) is 7.62. The zero-order valence-electron chi connectivity index (χ0n) is 10.2. The predicted molar refractivity (Wildman–Crippen MR) is 78.8 cm³/mol. The second kappa shape index (κ2) is 6.69. The molecule has 0 bridgehead atoms. The fraction of sp³-hybridized carbons (Fsp3) is 0.500. The number of nitrogens with zero attached hydrogens (tertiary/aromatic N) is 1. The summed E-state index contributed by atoms with van der Waals surface area (Å²) in [5, 5.41) is 0.661. The van der Waals surface area contributed by atoms with Gasteiger partial charge in [-0.25, -0.2) is 0 Å². The van der Waals surface area contributed by atoms with Crippen LogP contribution < -0.4 is 0 Å². The van der Waals surface area contributed by atoms with E-state index in [-0.39, 0.29) is 10.6 Å². The van der Waals surface area contributed by atoms with Crippen molar-refractivity contribution in [2.24, 2.45) is 0 Å². The number of ketones is 1. The summed E-state index contributed by atoms with van der Waals surface area (Å²) in [6.45, 7) is 3.01. The van der Waals surface area contributed by atoms with Crippen molar-refractivity contribution in [2.45, 2.75) is 24.1 Å². The number of hydrogen-bond acceptors (Lipinski definition) is 2. The van der Waals surface area contributed by atoms with E-state index in [1.807, 2.05) is 0 Å². The van der Waals surface area contributed by atoms with Gasteiger partial charge in [0.2, 0.25) is 0 Å². The molecule has 1 heterocycles. The molecule has 98 valence electrons. The third-order valence-corrected chi connectivity index (χ3v) is 4.24. The number of halogens is 2. The maximum Gasteiger partial charge on any atom is 0.177 e. The Bertz CT molecular complexity index is 401. The van der Waals surface area contributed by atoms with E-state index in [0.29, 0.717) is 5.02 Å². The van der Waals surface area contributed by atoms with Gasteiger partial charge in [-0.2, -0.15) is 0 Å². The Morgan fingerprint density at radius 3 is 2.44 bits per heavy atom. The fourth-order valence-corrected chi connectivity index (χ4v) is 3.05. The summed E-state index contributed by atoms with van der Waals surface area (Å²) in [5.74, 6) is 0.136. The van der Waals surface area contributed by atoms with Gasteiger partial charge in [0.1, 0.15) is 0 Å². The molecular weight excluding hydrogens is 314 g/mol. The van der Waals surface area contributed by atoms with Crippen molar-refractivity contribution in [1.29, 1.82) is 0 Å². The van der Waals surface area contributed by atoms with Crippen LogP contribution in [0.5, 0.6) is 0 Å². The van der Waals surface area contributed by atoms with E-state index in [1.54, 1.807) is 24.3 Å². The molecule has 2 nitrogen and oxygen atoms in total. The summed E-state index contributed by atoms with van der Waals surface area (Å²) < 4.78 is 0. The van der Waals surface area contributed by atoms with Gasteiger partial charge in [-0.1, -0.05) is 34.0 Å². The molecule has 0 aliphatic carbocycles. The van der Waals surface area contributed by atoms with Crippen LogP contribution in [0.2, 0.25) is 5.02 Å². The molecule has 1 aliphatic heterocycles. The molecule has 0 aromatic heterocycles. The number of hydrogen-bond donors (Lipinski definition) is 0. The SMILES string of the molecule is O=C(c1ccc(Cl)cc1)[C@H](Br)CN1CCCCC1. The molecule has 0 unspecified atom stereocenters. The van der Waals surface area contributed by atoms with Crippen LogP contribution in [-0.4, -0.2) is 35.1 Å². The van der Waals surface area contributed by atoms with Crippen molar-refractivity contribution < 1.29 is 4.79 Å². The van der Waals surface area contributed by atoms with E-state index in [9.17, 15) is 4.79 Å². The molecule has 1 saturated heterocycles. The minimum Gasteiger partial charge on any atom is -0.302 e. The molecule has 1 fully saturated rings. The largest absolute Gasteiger partial charge is 0.302 e. The molecule has 1 aromatic rings. The zero-order chi connectivity index (χ0) is 13.0. The molecule has 1 aliphatic rings. The zero-order valence-corrected chi connectivity index (χ0v) is 12.6. The lowest BCUT2D eigenvalue weighted by molar-refractivity contribution is 0.0970. The smallest absolute Gasteiger partial charge is 0.177 e. The van der Waals surface area contributed by atoms with Crippen molar-refractivity contribution in [1.82, 2.24) is 4.90 Å². The van der Waals surface area contributed by atoms with Crippen LogP contribution in [0, 0.1) is 0 Å². The number of carbonyl (C=O) groups excluding carboxylic acids is 1. The van der Waals surface area contributed by atoms with Gasteiger partial charge in [-0.15, -0.1) is 0 Å². The van der Waals surface area contributed by atoms with Crippen molar-refractivity contribution >= 4 is 33.3 Å². The fourth-order valence-electron chi connectivity index (χ4n) is 2.25. The summed E-state index contributed by atoms with van der Waals surface area (Å²) in [6, 6.07) is 7.09. The predicted octanol–water partition coefficient (Wildman–Crippen LogP) is 3.77. The van der Waals surface area contributed by atoms with E-state index in [4.69, 9.17) is 11.6 Å². The summed E-state index contributed by atoms with van der Waals surface area (Å²) >= 11 is 9.33. The van der Waals surface area contributed by atoms with E-state index in [2.05, 4.69) is 20.8 Å². The van der Waals surface area contributed by atoms with Gasteiger partial charge in [-0.05, 0) is 50.2 Å². The Balaban J connectivity index is 1.93. The van der Waals surface area contributed by atoms with Crippen LogP contribution in [0.4, 0.5) is 0 Å². The van der Waals surface area contributed by atoms with Gasteiger partial charge in [-0.3, -0.25) is 4.79 Å². The van der Waals surface area contributed by atoms with Crippen molar-refractivity contribution in [3.63, 3.8) is 0 Å². The first kappa shape index (κ1) is 14.0. The van der Waals surface area contributed by atoms with Crippen LogP contribution in [0.1, 0.15) is 29.6 Å². The maximum absolute atomic E-state index is 12.2. The molecule has 0 N–H and O–H groups in total. The monoisotopic (exact) mass is 329 g/mol. The van der Waals surface area contributed by atoms with Crippen LogP contribution in [-0.2, 0) is 0 Å². The molecule has 0 amide bonds. The molecule has 0 spiro atoms. The Kier molecular flexibility index (Phi) is 5.22. The highest BCUT2D eigenvalue weighted by molar-refractivity contribution is 9.10. The summed E-state index contributed by atoms with van der Waals surface area (Å²) in [4.78, 5) is 14.4. The van der Waals surface area contributed by atoms with Crippen molar-refractivity contribution in [3.05, 3.63) is 34.9 Å². The number of likely N-dealkylation sites (tertiary alicyclic amines) is 1. The number of rotatable bonds is 4. The number of benzene rings is 1. The molecule has 18 heavy (non-hydrogen) atoms.